The SMILES string of the molecule is CCCC(C)(CC)C(CC)(CC)C(C)C(CC)C1CCC(CC)C(C)C1. The van der Waals surface area contributed by atoms with Gasteiger partial charge < -0.3 is 0 Å². The van der Waals surface area contributed by atoms with Crippen LogP contribution in [0.15, 0.2) is 0 Å². The van der Waals surface area contributed by atoms with Gasteiger partial charge in [0.05, 0.1) is 0 Å². The Morgan fingerprint density at radius 1 is 0.923 bits per heavy atom. The molecule has 0 nitrogen and oxygen atoms in total. The van der Waals surface area contributed by atoms with Crippen molar-refractivity contribution in [1.82, 2.24) is 0 Å². The highest BCUT2D eigenvalue weighted by molar-refractivity contribution is 4.99. The summed E-state index contributed by atoms with van der Waals surface area (Å²) in [6.45, 7) is 22.5. The predicted molar refractivity (Wildman–Crippen MR) is 120 cm³/mol. The molecule has 1 rings (SSSR count). The van der Waals surface area contributed by atoms with Crippen LogP contribution < -0.4 is 0 Å². The van der Waals surface area contributed by atoms with Gasteiger partial charge in [0.2, 0.25) is 0 Å². The van der Waals surface area contributed by atoms with Crippen molar-refractivity contribution in [2.24, 2.45) is 40.4 Å². The van der Waals surface area contributed by atoms with Crippen LogP contribution in [0, 0.1) is 40.4 Å². The van der Waals surface area contributed by atoms with E-state index in [1.54, 1.807) is 0 Å². The smallest absolute Gasteiger partial charge is 0.0221 e. The maximum atomic E-state index is 2.65. The third kappa shape index (κ3) is 4.52. The Labute approximate surface area is 167 Å². The summed E-state index contributed by atoms with van der Waals surface area (Å²) in [5, 5.41) is 0. The Morgan fingerprint density at radius 3 is 1.92 bits per heavy atom. The molecule has 0 amide bonds. The second-order valence-corrected chi connectivity index (χ2v) is 10.1. The number of hydrogen-bond donors (Lipinski definition) is 0. The van der Waals surface area contributed by atoms with E-state index in [1.807, 2.05) is 0 Å². The molecule has 1 fully saturated rings. The third-order valence-corrected chi connectivity index (χ3v) is 9.55. The Bertz CT molecular complexity index is 379. The molecule has 0 bridgehead atoms. The van der Waals surface area contributed by atoms with E-state index in [2.05, 4.69) is 62.3 Å². The van der Waals surface area contributed by atoms with Gasteiger partial charge in [-0.3, -0.25) is 0 Å². The van der Waals surface area contributed by atoms with Crippen LogP contribution in [0.1, 0.15) is 127 Å². The molecular formula is C26H52. The lowest BCUT2D eigenvalue weighted by atomic mass is 9.49. The average Bonchev–Trinajstić information content (AvgIpc) is 2.64. The third-order valence-electron chi connectivity index (χ3n) is 9.55. The molecule has 0 spiro atoms. The summed E-state index contributed by atoms with van der Waals surface area (Å²) in [7, 11) is 0. The van der Waals surface area contributed by atoms with Crippen LogP contribution in [0.4, 0.5) is 0 Å². The minimum Gasteiger partial charge on any atom is -0.0654 e. The van der Waals surface area contributed by atoms with E-state index in [1.165, 1.54) is 64.2 Å². The maximum Gasteiger partial charge on any atom is -0.0221 e. The van der Waals surface area contributed by atoms with Crippen molar-refractivity contribution in [2.45, 2.75) is 127 Å². The summed E-state index contributed by atoms with van der Waals surface area (Å²) in [6, 6.07) is 0. The summed E-state index contributed by atoms with van der Waals surface area (Å²) in [4.78, 5) is 0. The van der Waals surface area contributed by atoms with Crippen molar-refractivity contribution in [3.8, 4) is 0 Å². The van der Waals surface area contributed by atoms with E-state index in [4.69, 9.17) is 0 Å². The highest BCUT2D eigenvalue weighted by Gasteiger charge is 2.50. The molecule has 0 aromatic carbocycles. The fraction of sp³-hybridized carbons (Fsp3) is 1.00. The van der Waals surface area contributed by atoms with Crippen LogP contribution >= 0.6 is 0 Å². The first-order valence-corrected chi connectivity index (χ1v) is 12.3. The summed E-state index contributed by atoms with van der Waals surface area (Å²) in [5.74, 6) is 4.65. The van der Waals surface area contributed by atoms with Crippen LogP contribution in [-0.2, 0) is 0 Å². The molecule has 1 aliphatic carbocycles. The van der Waals surface area contributed by atoms with Gasteiger partial charge in [-0.15, -0.1) is 0 Å². The molecule has 0 saturated heterocycles. The van der Waals surface area contributed by atoms with Gasteiger partial charge in [-0.25, -0.2) is 0 Å². The van der Waals surface area contributed by atoms with Crippen LogP contribution in [0.2, 0.25) is 0 Å². The average molecular weight is 365 g/mol. The fourth-order valence-corrected chi connectivity index (χ4v) is 7.63. The maximum absolute atomic E-state index is 2.65. The first-order chi connectivity index (χ1) is 12.3. The van der Waals surface area contributed by atoms with Crippen LogP contribution in [0.5, 0.6) is 0 Å². The quantitative estimate of drug-likeness (QED) is 0.343. The lowest BCUT2D eigenvalue weighted by Crippen LogP contribution is -2.48. The van der Waals surface area contributed by atoms with E-state index in [0.29, 0.717) is 10.8 Å². The predicted octanol–water partition coefficient (Wildman–Crippen LogP) is 9.13. The molecule has 0 radical (unpaired) electrons. The molecule has 6 atom stereocenters. The molecule has 0 N–H and O–H groups in total. The van der Waals surface area contributed by atoms with E-state index in [-0.39, 0.29) is 0 Å². The molecule has 26 heavy (non-hydrogen) atoms. The van der Waals surface area contributed by atoms with E-state index >= 15 is 0 Å². The first kappa shape index (κ1) is 24.0. The first-order valence-electron chi connectivity index (χ1n) is 12.3. The van der Waals surface area contributed by atoms with Crippen LogP contribution in [0.25, 0.3) is 0 Å². The Morgan fingerprint density at radius 2 is 1.54 bits per heavy atom. The molecule has 0 heterocycles. The number of rotatable bonds is 11. The van der Waals surface area contributed by atoms with Gasteiger partial charge in [0.25, 0.3) is 0 Å². The molecule has 0 aromatic rings. The van der Waals surface area contributed by atoms with Gasteiger partial charge in [0, 0.05) is 0 Å². The summed E-state index contributed by atoms with van der Waals surface area (Å²) >= 11 is 0. The number of hydrogen-bond acceptors (Lipinski definition) is 0. The molecule has 0 heteroatoms. The van der Waals surface area contributed by atoms with Gasteiger partial charge in [-0.2, -0.15) is 0 Å². The van der Waals surface area contributed by atoms with Crippen LogP contribution in [-0.4, -0.2) is 0 Å². The minimum atomic E-state index is 0.490. The second kappa shape index (κ2) is 10.5. The van der Waals surface area contributed by atoms with Gasteiger partial charge in [-0.1, -0.05) is 88.0 Å². The molecular weight excluding hydrogens is 312 g/mol. The highest BCUT2D eigenvalue weighted by Crippen LogP contribution is 2.58. The monoisotopic (exact) mass is 364 g/mol. The molecule has 156 valence electrons. The molecule has 1 aliphatic rings. The van der Waals surface area contributed by atoms with Gasteiger partial charge in [-0.05, 0) is 78.9 Å². The van der Waals surface area contributed by atoms with Gasteiger partial charge in [0.1, 0.15) is 0 Å². The lowest BCUT2D eigenvalue weighted by molar-refractivity contribution is -0.0659. The normalized spacial score (nSPS) is 29.2. The van der Waals surface area contributed by atoms with Crippen molar-refractivity contribution in [2.75, 3.05) is 0 Å². The summed E-state index contributed by atoms with van der Waals surface area (Å²) in [5.41, 5.74) is 0.994. The van der Waals surface area contributed by atoms with Gasteiger partial charge in [0.15, 0.2) is 0 Å². The second-order valence-electron chi connectivity index (χ2n) is 10.1. The van der Waals surface area contributed by atoms with Crippen molar-refractivity contribution in [1.29, 1.82) is 0 Å². The topological polar surface area (TPSA) is 0 Å². The molecule has 0 aromatic heterocycles. The van der Waals surface area contributed by atoms with Crippen molar-refractivity contribution < 1.29 is 0 Å². The zero-order valence-corrected chi connectivity index (χ0v) is 20.0. The van der Waals surface area contributed by atoms with Crippen molar-refractivity contribution >= 4 is 0 Å². The zero-order valence-electron chi connectivity index (χ0n) is 20.0. The van der Waals surface area contributed by atoms with Crippen LogP contribution in [0.3, 0.4) is 0 Å². The minimum absolute atomic E-state index is 0.490. The standard InChI is InChI=1S/C26H52/c1-10-18-25(9,13-4)26(14-5,15-6)21(8)24(12-3)23-17-16-22(11-2)20(7)19-23/h20-24H,10-19H2,1-9H3. The summed E-state index contributed by atoms with van der Waals surface area (Å²) < 4.78 is 0. The molecule has 6 unspecified atom stereocenters. The van der Waals surface area contributed by atoms with Crippen molar-refractivity contribution in [3.05, 3.63) is 0 Å². The fourth-order valence-electron chi connectivity index (χ4n) is 7.63. The van der Waals surface area contributed by atoms with E-state index < -0.39 is 0 Å². The Kier molecular flexibility index (Phi) is 9.73. The van der Waals surface area contributed by atoms with Crippen molar-refractivity contribution in [3.63, 3.8) is 0 Å². The van der Waals surface area contributed by atoms with Gasteiger partial charge >= 0.3 is 0 Å². The Hall–Kier alpha value is 0. The zero-order chi connectivity index (χ0) is 20.0. The highest BCUT2D eigenvalue weighted by atomic mass is 14.5. The molecule has 0 aliphatic heterocycles. The molecule has 1 saturated carbocycles. The Balaban J connectivity index is 3.13. The van der Waals surface area contributed by atoms with E-state index in [0.717, 1.165) is 29.6 Å². The largest absolute Gasteiger partial charge is 0.0654 e. The summed E-state index contributed by atoms with van der Waals surface area (Å²) in [6.07, 6.45) is 14.0. The lowest BCUT2D eigenvalue weighted by Gasteiger charge is -2.56. The van der Waals surface area contributed by atoms with E-state index in [9.17, 15) is 0 Å².